The Labute approximate surface area is 219 Å². The summed E-state index contributed by atoms with van der Waals surface area (Å²) in [7, 11) is 0. The summed E-state index contributed by atoms with van der Waals surface area (Å²) < 4.78 is 5.70. The van der Waals surface area contributed by atoms with Gasteiger partial charge in [0.1, 0.15) is 30.7 Å². The Kier molecular flexibility index (Phi) is 8.46. The van der Waals surface area contributed by atoms with Gasteiger partial charge in [0.2, 0.25) is 11.9 Å². The maximum Gasteiger partial charge on any atom is 0.303 e. The van der Waals surface area contributed by atoms with Crippen LogP contribution >= 0.6 is 0 Å². The van der Waals surface area contributed by atoms with Crippen molar-refractivity contribution in [2.45, 2.75) is 57.1 Å². The van der Waals surface area contributed by atoms with Crippen LogP contribution in [0.1, 0.15) is 30.9 Å². The molecule has 14 heteroatoms. The molecule has 3 heterocycles. The summed E-state index contributed by atoms with van der Waals surface area (Å²) in [5.74, 6) is -0.506. The van der Waals surface area contributed by atoms with Crippen LogP contribution in [0.2, 0.25) is 0 Å². The highest BCUT2D eigenvalue weighted by Crippen LogP contribution is 2.41. The topological polar surface area (TPSA) is 207 Å². The summed E-state index contributed by atoms with van der Waals surface area (Å²) in [6, 6.07) is 7.68. The van der Waals surface area contributed by atoms with Crippen molar-refractivity contribution in [3.8, 4) is 0 Å². The van der Waals surface area contributed by atoms with E-state index in [2.05, 4.69) is 20.7 Å². The molecule has 2 aromatic rings. The first-order valence-corrected chi connectivity index (χ1v) is 12.4. The third-order valence-corrected chi connectivity index (χ3v) is 6.48. The standard InChI is InChI=1S/C24H33N7O7/c1-2-16(33)29-31-12-30(23-20(37)19(36)15(11-32)38-23)22-18(31)21(25)27-24(28-22)26-10-9-14-5-3-13(4-6-14)7-8-17(34)35/h3-6,15,19-20,23,32,36-37H,2,7-12H2,1H3,(H,29,33)(H,34,35)(H3,25,26,27,28)/t15-,19?,20?,23-/m1/s1. The summed E-state index contributed by atoms with van der Waals surface area (Å²) in [5.41, 5.74) is 11.3. The van der Waals surface area contributed by atoms with Crippen LogP contribution in [0.25, 0.3) is 0 Å². The smallest absolute Gasteiger partial charge is 0.303 e. The van der Waals surface area contributed by atoms with Gasteiger partial charge >= 0.3 is 5.97 Å². The molecule has 1 aromatic heterocycles. The van der Waals surface area contributed by atoms with E-state index in [0.717, 1.165) is 11.1 Å². The highest BCUT2D eigenvalue weighted by Gasteiger charge is 2.49. The second-order valence-corrected chi connectivity index (χ2v) is 9.15. The summed E-state index contributed by atoms with van der Waals surface area (Å²) in [5, 5.41) is 43.8. The summed E-state index contributed by atoms with van der Waals surface area (Å²) in [6.45, 7) is 1.71. The van der Waals surface area contributed by atoms with Crippen molar-refractivity contribution in [2.24, 2.45) is 0 Å². The molecule has 0 radical (unpaired) electrons. The molecule has 14 nitrogen and oxygen atoms in total. The number of rotatable bonds is 11. The normalized spacial score (nSPS) is 22.4. The van der Waals surface area contributed by atoms with Crippen LogP contribution in [-0.4, -0.2) is 86.6 Å². The molecule has 2 unspecified atom stereocenters. The Hall–Kier alpha value is -3.72. The second kappa shape index (κ2) is 11.8. The molecule has 1 saturated heterocycles. The number of nitrogens with zero attached hydrogens (tertiary/aromatic N) is 4. The number of fused-ring (bicyclic) bond motifs is 1. The van der Waals surface area contributed by atoms with Crippen LogP contribution in [0.3, 0.4) is 0 Å². The van der Waals surface area contributed by atoms with Gasteiger partial charge in [-0.2, -0.15) is 9.97 Å². The van der Waals surface area contributed by atoms with Crippen molar-refractivity contribution < 1.29 is 34.8 Å². The van der Waals surface area contributed by atoms with Crippen molar-refractivity contribution in [1.82, 2.24) is 15.4 Å². The van der Waals surface area contributed by atoms with Crippen LogP contribution < -0.4 is 26.4 Å². The number of ether oxygens (including phenoxy) is 1. The van der Waals surface area contributed by atoms with E-state index < -0.39 is 37.1 Å². The molecule has 206 valence electrons. The molecular formula is C24H33N7O7. The average Bonchev–Trinajstić information content (AvgIpc) is 3.39. The maximum atomic E-state index is 12.1. The predicted molar refractivity (Wildman–Crippen MR) is 137 cm³/mol. The quantitative estimate of drug-likeness (QED) is 0.190. The van der Waals surface area contributed by atoms with Crippen LogP contribution in [-0.2, 0) is 27.2 Å². The van der Waals surface area contributed by atoms with Gasteiger partial charge in [-0.15, -0.1) is 0 Å². The number of aliphatic hydroxyl groups is 3. The molecule has 8 N–H and O–H groups in total. The van der Waals surface area contributed by atoms with Gasteiger partial charge in [0, 0.05) is 19.4 Å². The van der Waals surface area contributed by atoms with Gasteiger partial charge < -0.3 is 41.1 Å². The van der Waals surface area contributed by atoms with Crippen molar-refractivity contribution >= 4 is 35.1 Å². The van der Waals surface area contributed by atoms with E-state index in [-0.39, 0.29) is 43.0 Å². The van der Waals surface area contributed by atoms with Gasteiger partial charge in [-0.3, -0.25) is 20.0 Å². The molecule has 4 rings (SSSR count). The molecule has 0 aliphatic carbocycles. The molecule has 1 aromatic carbocycles. The molecule has 0 bridgehead atoms. The zero-order valence-electron chi connectivity index (χ0n) is 20.9. The lowest BCUT2D eigenvalue weighted by Gasteiger charge is -2.28. The molecule has 2 aliphatic heterocycles. The predicted octanol–water partition coefficient (Wildman–Crippen LogP) is -0.805. The van der Waals surface area contributed by atoms with E-state index in [1.54, 1.807) is 11.8 Å². The number of nitrogens with two attached hydrogens (primary N) is 1. The third kappa shape index (κ3) is 5.88. The minimum Gasteiger partial charge on any atom is -0.481 e. The van der Waals surface area contributed by atoms with Crippen molar-refractivity contribution in [2.75, 3.05) is 40.8 Å². The van der Waals surface area contributed by atoms with Crippen LogP contribution in [0, 0.1) is 0 Å². The highest BCUT2D eigenvalue weighted by molar-refractivity contribution is 5.86. The number of benzene rings is 1. The number of anilines is 4. The molecule has 38 heavy (non-hydrogen) atoms. The Morgan fingerprint density at radius 2 is 1.82 bits per heavy atom. The molecule has 0 spiro atoms. The van der Waals surface area contributed by atoms with Gasteiger partial charge in [-0.25, -0.2) is 0 Å². The van der Waals surface area contributed by atoms with Gasteiger partial charge in [-0.05, 0) is 24.0 Å². The monoisotopic (exact) mass is 531 g/mol. The van der Waals surface area contributed by atoms with E-state index in [0.29, 0.717) is 25.1 Å². The third-order valence-electron chi connectivity index (χ3n) is 6.48. The zero-order valence-corrected chi connectivity index (χ0v) is 20.9. The van der Waals surface area contributed by atoms with E-state index >= 15 is 0 Å². The van der Waals surface area contributed by atoms with Crippen LogP contribution in [0.15, 0.2) is 24.3 Å². The fourth-order valence-corrected chi connectivity index (χ4v) is 4.39. The van der Waals surface area contributed by atoms with Gasteiger partial charge in [-0.1, -0.05) is 31.2 Å². The lowest BCUT2D eigenvalue weighted by Crippen LogP contribution is -2.50. The minimum atomic E-state index is -1.34. The molecule has 2 aliphatic rings. The van der Waals surface area contributed by atoms with Crippen LogP contribution in [0.4, 0.5) is 23.3 Å². The first-order chi connectivity index (χ1) is 18.2. The number of aryl methyl sites for hydroxylation is 1. The van der Waals surface area contributed by atoms with E-state index in [1.165, 1.54) is 5.01 Å². The Morgan fingerprint density at radius 1 is 1.13 bits per heavy atom. The number of aromatic nitrogens is 2. The molecule has 1 amide bonds. The fourth-order valence-electron chi connectivity index (χ4n) is 4.39. The summed E-state index contributed by atoms with van der Waals surface area (Å²) in [4.78, 5) is 33.3. The Morgan fingerprint density at radius 3 is 2.42 bits per heavy atom. The number of nitrogens with one attached hydrogen (secondary N) is 2. The first kappa shape index (κ1) is 27.3. The average molecular weight is 532 g/mol. The first-order valence-electron chi connectivity index (χ1n) is 12.4. The number of aliphatic hydroxyl groups excluding tert-OH is 3. The number of aliphatic carboxylic acids is 1. The Bertz CT molecular complexity index is 1150. The van der Waals surface area contributed by atoms with Crippen LogP contribution in [0.5, 0.6) is 0 Å². The van der Waals surface area contributed by atoms with E-state index in [9.17, 15) is 24.9 Å². The fraction of sp³-hybridized carbons (Fsp3) is 0.500. The van der Waals surface area contributed by atoms with Crippen molar-refractivity contribution in [3.63, 3.8) is 0 Å². The molecule has 1 fully saturated rings. The van der Waals surface area contributed by atoms with E-state index in [1.807, 2.05) is 24.3 Å². The highest BCUT2D eigenvalue weighted by atomic mass is 16.6. The van der Waals surface area contributed by atoms with E-state index in [4.69, 9.17) is 15.6 Å². The number of carbonyl (C=O) groups excluding carboxylic acids is 1. The summed E-state index contributed by atoms with van der Waals surface area (Å²) >= 11 is 0. The minimum absolute atomic E-state index is 0.0181. The number of hydrogen-bond donors (Lipinski definition) is 7. The van der Waals surface area contributed by atoms with Gasteiger partial charge in [0.15, 0.2) is 17.9 Å². The number of amides is 1. The zero-order chi connectivity index (χ0) is 27.4. The number of hydrogen-bond acceptors (Lipinski definition) is 12. The van der Waals surface area contributed by atoms with Crippen molar-refractivity contribution in [1.29, 1.82) is 0 Å². The Balaban J connectivity index is 1.49. The number of carboxylic acid groups (broad SMARTS) is 1. The summed E-state index contributed by atoms with van der Waals surface area (Å²) in [6.07, 6.45) is -3.27. The van der Waals surface area contributed by atoms with Gasteiger partial charge in [0.25, 0.3) is 0 Å². The number of hydrazine groups is 1. The largest absolute Gasteiger partial charge is 0.481 e. The number of carboxylic acids is 1. The molecule has 4 atom stereocenters. The number of nitrogen functional groups attached to an aromatic ring is 1. The van der Waals surface area contributed by atoms with Gasteiger partial charge in [0.05, 0.1) is 6.61 Å². The lowest BCUT2D eigenvalue weighted by atomic mass is 10.1. The number of carbonyl (C=O) groups is 2. The molecular weight excluding hydrogens is 498 g/mol. The van der Waals surface area contributed by atoms with Crippen molar-refractivity contribution in [3.05, 3.63) is 35.4 Å². The second-order valence-electron chi connectivity index (χ2n) is 9.15. The maximum absolute atomic E-state index is 12.1. The molecule has 0 saturated carbocycles. The SMILES string of the molecule is CCC(=O)NN1CN([C@@H]2O[C@H](CO)C(O)C2O)c2nc(NCCc3ccc(CCC(=O)O)cc3)nc(N)c21. The lowest BCUT2D eigenvalue weighted by molar-refractivity contribution is -0.137.